The first-order chi connectivity index (χ1) is 8.95. The van der Waals surface area contributed by atoms with Crippen LogP contribution in [0, 0.1) is 5.92 Å². The molecule has 104 valence electrons. The van der Waals surface area contributed by atoms with Crippen molar-refractivity contribution in [3.63, 3.8) is 0 Å². The number of carbonyl (C=O) groups is 1. The molecular formula is C14H16F3NO. The topological polar surface area (TPSA) is 29.1 Å². The van der Waals surface area contributed by atoms with Gasteiger partial charge in [0.1, 0.15) is 0 Å². The molecule has 1 aromatic carbocycles. The van der Waals surface area contributed by atoms with Crippen molar-refractivity contribution in [2.24, 2.45) is 5.92 Å². The Bertz CT molecular complexity index is 452. The van der Waals surface area contributed by atoms with E-state index in [0.29, 0.717) is 11.5 Å². The van der Waals surface area contributed by atoms with Crippen LogP contribution in [0.3, 0.4) is 0 Å². The molecule has 0 aromatic heterocycles. The molecule has 1 aliphatic rings. The molecule has 0 radical (unpaired) electrons. The standard InChI is InChI=1S/C14H16F3NO/c15-14(16,17)12-3-1-2-11(6-12)7-13(19)9-18-8-10-4-5-10/h1-3,6,10,18H,4-5,7-9H2. The van der Waals surface area contributed by atoms with Gasteiger partial charge in [0, 0.05) is 6.42 Å². The number of Topliss-reactive ketones (excluding diaryl/α,β-unsaturated/α-hetero) is 1. The molecule has 0 unspecified atom stereocenters. The molecule has 1 fully saturated rings. The van der Waals surface area contributed by atoms with Crippen LogP contribution in [-0.4, -0.2) is 18.9 Å². The zero-order chi connectivity index (χ0) is 13.9. The number of rotatable bonds is 6. The van der Waals surface area contributed by atoms with Crippen molar-refractivity contribution in [2.45, 2.75) is 25.4 Å². The van der Waals surface area contributed by atoms with E-state index >= 15 is 0 Å². The number of hydrogen-bond donors (Lipinski definition) is 1. The number of alkyl halides is 3. The van der Waals surface area contributed by atoms with E-state index in [9.17, 15) is 18.0 Å². The van der Waals surface area contributed by atoms with Gasteiger partial charge in [0.2, 0.25) is 0 Å². The molecule has 0 amide bonds. The average molecular weight is 271 g/mol. The first kappa shape index (κ1) is 14.1. The minimum Gasteiger partial charge on any atom is -0.310 e. The van der Waals surface area contributed by atoms with Crippen molar-refractivity contribution in [1.29, 1.82) is 0 Å². The molecule has 2 nitrogen and oxygen atoms in total. The summed E-state index contributed by atoms with van der Waals surface area (Å²) in [5.41, 5.74) is -0.295. The molecule has 0 saturated heterocycles. The van der Waals surface area contributed by atoms with E-state index in [0.717, 1.165) is 18.7 Å². The molecule has 0 bridgehead atoms. The summed E-state index contributed by atoms with van der Waals surface area (Å²) in [4.78, 5) is 11.6. The molecule has 1 aliphatic carbocycles. The lowest BCUT2D eigenvalue weighted by atomic mass is 10.1. The summed E-state index contributed by atoms with van der Waals surface area (Å²) < 4.78 is 37.5. The second kappa shape index (κ2) is 5.74. The zero-order valence-corrected chi connectivity index (χ0v) is 10.5. The van der Waals surface area contributed by atoms with Gasteiger partial charge in [-0.1, -0.05) is 18.2 Å². The highest BCUT2D eigenvalue weighted by atomic mass is 19.4. The number of halogens is 3. The second-order valence-corrected chi connectivity index (χ2v) is 4.99. The number of nitrogens with one attached hydrogen (secondary N) is 1. The van der Waals surface area contributed by atoms with Gasteiger partial charge in [-0.15, -0.1) is 0 Å². The monoisotopic (exact) mass is 271 g/mol. The van der Waals surface area contributed by atoms with Gasteiger partial charge in [-0.3, -0.25) is 4.79 Å². The minimum absolute atomic E-state index is 0.0432. The highest BCUT2D eigenvalue weighted by Gasteiger charge is 2.30. The second-order valence-electron chi connectivity index (χ2n) is 4.99. The number of ketones is 1. The molecule has 2 rings (SSSR count). The summed E-state index contributed by atoms with van der Waals surface area (Å²) in [6.45, 7) is 1.06. The average Bonchev–Trinajstić information content (AvgIpc) is 3.12. The van der Waals surface area contributed by atoms with E-state index in [2.05, 4.69) is 5.32 Å². The Hall–Kier alpha value is -1.36. The molecule has 1 N–H and O–H groups in total. The fourth-order valence-electron chi connectivity index (χ4n) is 1.89. The van der Waals surface area contributed by atoms with Crippen LogP contribution >= 0.6 is 0 Å². The normalized spacial score (nSPS) is 15.5. The van der Waals surface area contributed by atoms with Gasteiger partial charge in [-0.2, -0.15) is 13.2 Å². The predicted molar refractivity (Wildman–Crippen MR) is 65.7 cm³/mol. The van der Waals surface area contributed by atoms with Crippen molar-refractivity contribution in [2.75, 3.05) is 13.1 Å². The van der Waals surface area contributed by atoms with Gasteiger partial charge in [-0.25, -0.2) is 0 Å². The molecule has 0 atom stereocenters. The molecule has 5 heteroatoms. The first-order valence-corrected chi connectivity index (χ1v) is 6.33. The Balaban J connectivity index is 1.85. The lowest BCUT2D eigenvalue weighted by Crippen LogP contribution is -2.26. The number of carbonyl (C=O) groups excluding carboxylic acids is 1. The van der Waals surface area contributed by atoms with Crippen molar-refractivity contribution < 1.29 is 18.0 Å². The van der Waals surface area contributed by atoms with Crippen LogP contribution in [0.1, 0.15) is 24.0 Å². The fraction of sp³-hybridized carbons (Fsp3) is 0.500. The van der Waals surface area contributed by atoms with Gasteiger partial charge in [-0.05, 0) is 36.9 Å². The Morgan fingerprint density at radius 2 is 2.05 bits per heavy atom. The molecular weight excluding hydrogens is 255 g/mol. The van der Waals surface area contributed by atoms with Crippen molar-refractivity contribution in [1.82, 2.24) is 5.32 Å². The first-order valence-electron chi connectivity index (χ1n) is 6.33. The van der Waals surface area contributed by atoms with Gasteiger partial charge in [0.25, 0.3) is 0 Å². The molecule has 1 saturated carbocycles. The summed E-state index contributed by atoms with van der Waals surface area (Å²) >= 11 is 0. The predicted octanol–water partition coefficient (Wildman–Crippen LogP) is 2.82. The van der Waals surface area contributed by atoms with Gasteiger partial charge < -0.3 is 5.32 Å². The third-order valence-corrected chi connectivity index (χ3v) is 3.11. The van der Waals surface area contributed by atoms with Crippen molar-refractivity contribution >= 4 is 5.78 Å². The zero-order valence-electron chi connectivity index (χ0n) is 10.5. The molecule has 0 heterocycles. The maximum atomic E-state index is 12.5. The van der Waals surface area contributed by atoms with E-state index in [4.69, 9.17) is 0 Å². The summed E-state index contributed by atoms with van der Waals surface area (Å²) in [5.74, 6) is 0.598. The van der Waals surface area contributed by atoms with Crippen LogP contribution < -0.4 is 5.32 Å². The maximum Gasteiger partial charge on any atom is 0.416 e. The van der Waals surface area contributed by atoms with Crippen LogP contribution in [0.4, 0.5) is 13.2 Å². The van der Waals surface area contributed by atoms with Gasteiger partial charge in [0.05, 0.1) is 12.1 Å². The fourth-order valence-corrected chi connectivity index (χ4v) is 1.89. The third kappa shape index (κ3) is 4.67. The lowest BCUT2D eigenvalue weighted by Gasteiger charge is -2.08. The van der Waals surface area contributed by atoms with E-state index in [1.54, 1.807) is 6.07 Å². The minimum atomic E-state index is -4.36. The van der Waals surface area contributed by atoms with Crippen LogP contribution in [0.25, 0.3) is 0 Å². The van der Waals surface area contributed by atoms with Crippen LogP contribution in [0.2, 0.25) is 0 Å². The van der Waals surface area contributed by atoms with Crippen LogP contribution in [-0.2, 0) is 17.4 Å². The van der Waals surface area contributed by atoms with Gasteiger partial charge in [0.15, 0.2) is 5.78 Å². The SMILES string of the molecule is O=C(CNCC1CC1)Cc1cccc(C(F)(F)F)c1. The van der Waals surface area contributed by atoms with E-state index < -0.39 is 11.7 Å². The van der Waals surface area contributed by atoms with E-state index in [1.165, 1.54) is 18.9 Å². The van der Waals surface area contributed by atoms with Crippen LogP contribution in [0.5, 0.6) is 0 Å². The smallest absolute Gasteiger partial charge is 0.310 e. The largest absolute Gasteiger partial charge is 0.416 e. The summed E-state index contributed by atoms with van der Waals surface area (Å²) in [5, 5.41) is 3.04. The van der Waals surface area contributed by atoms with E-state index in [1.807, 2.05) is 0 Å². The highest BCUT2D eigenvalue weighted by Crippen LogP contribution is 2.29. The Morgan fingerprint density at radius 3 is 2.68 bits per heavy atom. The highest BCUT2D eigenvalue weighted by molar-refractivity contribution is 5.82. The van der Waals surface area contributed by atoms with Gasteiger partial charge >= 0.3 is 6.18 Å². The Kier molecular flexibility index (Phi) is 4.24. The molecule has 0 spiro atoms. The van der Waals surface area contributed by atoms with Crippen molar-refractivity contribution in [3.05, 3.63) is 35.4 Å². The summed E-state index contributed by atoms with van der Waals surface area (Å²) in [6, 6.07) is 4.94. The molecule has 1 aromatic rings. The Morgan fingerprint density at radius 1 is 1.32 bits per heavy atom. The van der Waals surface area contributed by atoms with Crippen LogP contribution in [0.15, 0.2) is 24.3 Å². The lowest BCUT2D eigenvalue weighted by molar-refractivity contribution is -0.137. The summed E-state index contributed by atoms with van der Waals surface area (Å²) in [7, 11) is 0. The maximum absolute atomic E-state index is 12.5. The molecule has 0 aliphatic heterocycles. The third-order valence-electron chi connectivity index (χ3n) is 3.11. The quantitative estimate of drug-likeness (QED) is 0.862. The number of hydrogen-bond acceptors (Lipinski definition) is 2. The Labute approximate surface area is 110 Å². The molecule has 19 heavy (non-hydrogen) atoms. The van der Waals surface area contributed by atoms with Crippen molar-refractivity contribution in [3.8, 4) is 0 Å². The van der Waals surface area contributed by atoms with E-state index in [-0.39, 0.29) is 18.7 Å². The number of benzene rings is 1. The summed E-state index contributed by atoms with van der Waals surface area (Å²) in [6.07, 6.45) is -1.91.